The summed E-state index contributed by atoms with van der Waals surface area (Å²) in [4.78, 5) is 4.83. The van der Waals surface area contributed by atoms with Crippen molar-refractivity contribution in [2.75, 3.05) is 0 Å². The van der Waals surface area contributed by atoms with Crippen molar-refractivity contribution < 1.29 is 0 Å². The molecular formula is C15H16IN3S. The van der Waals surface area contributed by atoms with Gasteiger partial charge in [-0.25, -0.2) is 4.98 Å². The van der Waals surface area contributed by atoms with Crippen LogP contribution in [0.3, 0.4) is 0 Å². The standard InChI is InChI=1S/C15H16IN3S/c1-2-5-19-13-4-3-10(8-17)6-12(13)18-15(19)11-7-14(16)20-9-11/h3-4,6-7,9H,2,5,8,17H2,1H3. The first-order chi connectivity index (χ1) is 9.72. The second-order valence-corrected chi connectivity index (χ2v) is 7.56. The Morgan fingerprint density at radius 3 is 2.85 bits per heavy atom. The van der Waals surface area contributed by atoms with Crippen LogP contribution >= 0.6 is 33.9 Å². The maximum atomic E-state index is 5.72. The number of aromatic nitrogens is 2. The van der Waals surface area contributed by atoms with Crippen molar-refractivity contribution in [2.24, 2.45) is 5.73 Å². The molecule has 0 saturated carbocycles. The van der Waals surface area contributed by atoms with Crippen LogP contribution in [0.25, 0.3) is 22.4 Å². The predicted molar refractivity (Wildman–Crippen MR) is 93.9 cm³/mol. The van der Waals surface area contributed by atoms with E-state index in [0.717, 1.165) is 29.9 Å². The maximum Gasteiger partial charge on any atom is 0.142 e. The highest BCUT2D eigenvalue weighted by Gasteiger charge is 2.13. The zero-order chi connectivity index (χ0) is 14.1. The van der Waals surface area contributed by atoms with Crippen LogP contribution in [0.4, 0.5) is 0 Å². The zero-order valence-corrected chi connectivity index (χ0v) is 14.2. The summed E-state index contributed by atoms with van der Waals surface area (Å²) in [5.74, 6) is 1.06. The van der Waals surface area contributed by atoms with E-state index in [1.54, 1.807) is 11.3 Å². The molecule has 1 aromatic carbocycles. The Morgan fingerprint density at radius 1 is 1.35 bits per heavy atom. The van der Waals surface area contributed by atoms with Gasteiger partial charge in [-0.1, -0.05) is 13.0 Å². The molecule has 0 saturated heterocycles. The van der Waals surface area contributed by atoms with E-state index in [1.165, 1.54) is 14.0 Å². The van der Waals surface area contributed by atoms with Crippen molar-refractivity contribution in [1.29, 1.82) is 0 Å². The smallest absolute Gasteiger partial charge is 0.142 e. The van der Waals surface area contributed by atoms with Crippen molar-refractivity contribution >= 4 is 45.0 Å². The Morgan fingerprint density at radius 2 is 2.20 bits per heavy atom. The molecule has 3 rings (SSSR count). The van der Waals surface area contributed by atoms with E-state index in [9.17, 15) is 0 Å². The molecule has 104 valence electrons. The van der Waals surface area contributed by atoms with Gasteiger partial charge in [-0.3, -0.25) is 0 Å². The van der Waals surface area contributed by atoms with Crippen LogP contribution in [0.5, 0.6) is 0 Å². The van der Waals surface area contributed by atoms with Gasteiger partial charge in [0.2, 0.25) is 0 Å². The van der Waals surface area contributed by atoms with Crippen molar-refractivity contribution in [2.45, 2.75) is 26.4 Å². The third-order valence-corrected chi connectivity index (χ3v) is 5.11. The second kappa shape index (κ2) is 5.83. The minimum absolute atomic E-state index is 0.558. The van der Waals surface area contributed by atoms with Crippen molar-refractivity contribution in [3.8, 4) is 11.4 Å². The third kappa shape index (κ3) is 2.49. The molecule has 0 spiro atoms. The zero-order valence-electron chi connectivity index (χ0n) is 11.3. The first-order valence-electron chi connectivity index (χ1n) is 6.66. The SMILES string of the molecule is CCCn1c(-c2csc(I)c2)nc2cc(CN)ccc21. The highest BCUT2D eigenvalue weighted by atomic mass is 127. The second-order valence-electron chi connectivity index (χ2n) is 4.75. The normalized spacial score (nSPS) is 11.3. The van der Waals surface area contributed by atoms with Gasteiger partial charge in [0.05, 0.1) is 13.9 Å². The Hall–Kier alpha value is -0.920. The molecule has 0 atom stereocenters. The summed E-state index contributed by atoms with van der Waals surface area (Å²) in [6, 6.07) is 8.53. The van der Waals surface area contributed by atoms with Crippen LogP contribution in [0, 0.1) is 2.88 Å². The summed E-state index contributed by atoms with van der Waals surface area (Å²) in [6.07, 6.45) is 1.10. The summed E-state index contributed by atoms with van der Waals surface area (Å²) in [6.45, 7) is 3.74. The van der Waals surface area contributed by atoms with Gasteiger partial charge < -0.3 is 10.3 Å². The Bertz CT molecular complexity index is 745. The molecule has 0 aliphatic rings. The number of imidazole rings is 1. The van der Waals surface area contributed by atoms with E-state index < -0.39 is 0 Å². The molecule has 0 unspecified atom stereocenters. The van der Waals surface area contributed by atoms with Gasteiger partial charge in [-0.05, 0) is 52.8 Å². The van der Waals surface area contributed by atoms with Gasteiger partial charge in [-0.15, -0.1) is 11.3 Å². The number of hydrogen-bond acceptors (Lipinski definition) is 3. The molecule has 0 amide bonds. The Balaban J connectivity index is 2.21. The highest BCUT2D eigenvalue weighted by Crippen LogP contribution is 2.29. The number of nitrogens with two attached hydrogens (primary N) is 1. The van der Waals surface area contributed by atoms with E-state index >= 15 is 0 Å². The van der Waals surface area contributed by atoms with Gasteiger partial charge in [0.1, 0.15) is 5.82 Å². The molecule has 0 aliphatic carbocycles. The lowest BCUT2D eigenvalue weighted by atomic mass is 10.2. The van der Waals surface area contributed by atoms with Gasteiger partial charge in [-0.2, -0.15) is 0 Å². The molecule has 2 heterocycles. The molecule has 3 aromatic rings. The highest BCUT2D eigenvalue weighted by molar-refractivity contribution is 14.1. The van der Waals surface area contributed by atoms with Crippen LogP contribution in [-0.2, 0) is 13.1 Å². The monoisotopic (exact) mass is 397 g/mol. The van der Waals surface area contributed by atoms with E-state index in [0.29, 0.717) is 6.54 Å². The van der Waals surface area contributed by atoms with Gasteiger partial charge in [0.25, 0.3) is 0 Å². The summed E-state index contributed by atoms with van der Waals surface area (Å²) in [7, 11) is 0. The molecule has 2 N–H and O–H groups in total. The number of nitrogens with zero attached hydrogens (tertiary/aromatic N) is 2. The minimum atomic E-state index is 0.558. The molecule has 2 aromatic heterocycles. The molecule has 0 radical (unpaired) electrons. The van der Waals surface area contributed by atoms with Crippen LogP contribution in [0.2, 0.25) is 0 Å². The largest absolute Gasteiger partial charge is 0.326 e. The van der Waals surface area contributed by atoms with E-state index in [2.05, 4.69) is 63.7 Å². The fraction of sp³-hybridized carbons (Fsp3) is 0.267. The van der Waals surface area contributed by atoms with Crippen LogP contribution < -0.4 is 5.73 Å². The number of thiophene rings is 1. The summed E-state index contributed by atoms with van der Waals surface area (Å²) < 4.78 is 3.60. The predicted octanol–water partition coefficient (Wildman–Crippen LogP) is 4.24. The lowest BCUT2D eigenvalue weighted by molar-refractivity contribution is 0.704. The molecule has 0 fully saturated rings. The van der Waals surface area contributed by atoms with Gasteiger partial charge in [0.15, 0.2) is 0 Å². The Labute approximate surface area is 136 Å². The number of aryl methyl sites for hydroxylation is 1. The number of hydrogen-bond donors (Lipinski definition) is 1. The molecule has 5 heteroatoms. The molecule has 0 aliphatic heterocycles. The molecule has 0 bridgehead atoms. The summed E-state index contributed by atoms with van der Waals surface area (Å²) in [5, 5.41) is 2.18. The van der Waals surface area contributed by atoms with Gasteiger partial charge >= 0.3 is 0 Å². The van der Waals surface area contributed by atoms with Gasteiger partial charge in [0, 0.05) is 24.0 Å². The fourth-order valence-corrected chi connectivity index (χ4v) is 3.72. The lowest BCUT2D eigenvalue weighted by Gasteiger charge is -2.06. The van der Waals surface area contributed by atoms with Crippen molar-refractivity contribution in [3.05, 3.63) is 38.1 Å². The average Bonchev–Trinajstić information content (AvgIpc) is 3.03. The van der Waals surface area contributed by atoms with Crippen LogP contribution in [0.1, 0.15) is 18.9 Å². The maximum absolute atomic E-state index is 5.72. The number of benzene rings is 1. The third-order valence-electron chi connectivity index (χ3n) is 3.32. The quantitative estimate of drug-likeness (QED) is 0.670. The van der Waals surface area contributed by atoms with Crippen molar-refractivity contribution in [1.82, 2.24) is 9.55 Å². The molecule has 20 heavy (non-hydrogen) atoms. The summed E-state index contributed by atoms with van der Waals surface area (Å²) >= 11 is 4.11. The lowest BCUT2D eigenvalue weighted by Crippen LogP contribution is -1.99. The van der Waals surface area contributed by atoms with E-state index in [4.69, 9.17) is 10.7 Å². The number of fused-ring (bicyclic) bond motifs is 1. The first-order valence-corrected chi connectivity index (χ1v) is 8.62. The van der Waals surface area contributed by atoms with Crippen LogP contribution in [0.15, 0.2) is 29.6 Å². The van der Waals surface area contributed by atoms with E-state index in [-0.39, 0.29) is 0 Å². The average molecular weight is 397 g/mol. The summed E-state index contributed by atoms with van der Waals surface area (Å²) in [5.41, 5.74) is 10.3. The van der Waals surface area contributed by atoms with Crippen LogP contribution in [-0.4, -0.2) is 9.55 Å². The van der Waals surface area contributed by atoms with E-state index in [1.807, 2.05) is 0 Å². The molecular weight excluding hydrogens is 381 g/mol. The first kappa shape index (κ1) is 14.0. The minimum Gasteiger partial charge on any atom is -0.326 e. The topological polar surface area (TPSA) is 43.8 Å². The fourth-order valence-electron chi connectivity index (χ4n) is 2.40. The molecule has 3 nitrogen and oxygen atoms in total. The van der Waals surface area contributed by atoms with Crippen molar-refractivity contribution in [3.63, 3.8) is 0 Å². The number of rotatable bonds is 4. The Kier molecular flexibility index (Phi) is 4.09. The number of halogens is 1.